The minimum Gasteiger partial charge on any atom is -0.326 e. The molecule has 0 spiro atoms. The van der Waals surface area contributed by atoms with E-state index in [0.29, 0.717) is 6.54 Å². The van der Waals surface area contributed by atoms with E-state index in [1.165, 1.54) is 12.1 Å². The molecule has 5 rings (SSSR count). The van der Waals surface area contributed by atoms with E-state index in [1.807, 2.05) is 47.0 Å². The summed E-state index contributed by atoms with van der Waals surface area (Å²) in [6.07, 6.45) is 3.73. The molecule has 2 N–H and O–H groups in total. The lowest BCUT2D eigenvalue weighted by atomic mass is 10.0. The van der Waals surface area contributed by atoms with Crippen LogP contribution < -0.4 is 5.73 Å². The van der Waals surface area contributed by atoms with Gasteiger partial charge in [0.15, 0.2) is 0 Å². The maximum Gasteiger partial charge on any atom is 0.138 e. The minimum absolute atomic E-state index is 0.0356. The first kappa shape index (κ1) is 20.0. The topological polar surface area (TPSA) is 69.1 Å². The molecule has 3 heterocycles. The average molecular weight is 423 g/mol. The maximum atomic E-state index is 13.6. The van der Waals surface area contributed by atoms with Crippen LogP contribution in [0.3, 0.4) is 0 Å². The van der Waals surface area contributed by atoms with Gasteiger partial charge in [0.1, 0.15) is 17.3 Å². The summed E-state index contributed by atoms with van der Waals surface area (Å²) in [6, 6.07) is 22.4. The molecule has 0 unspecified atom stereocenters. The highest BCUT2D eigenvalue weighted by Crippen LogP contribution is 2.33. The molecular weight excluding hydrogens is 401 g/mol. The molecule has 5 aromatic rings. The van der Waals surface area contributed by atoms with Gasteiger partial charge in [0, 0.05) is 30.4 Å². The van der Waals surface area contributed by atoms with Crippen molar-refractivity contribution in [1.29, 1.82) is 0 Å². The van der Waals surface area contributed by atoms with Gasteiger partial charge < -0.3 is 5.73 Å². The summed E-state index contributed by atoms with van der Waals surface area (Å²) in [6.45, 7) is 2.52. The van der Waals surface area contributed by atoms with Gasteiger partial charge in [-0.2, -0.15) is 0 Å². The Morgan fingerprint density at radius 1 is 0.969 bits per heavy atom. The summed E-state index contributed by atoms with van der Waals surface area (Å²) in [5, 5.41) is 0. The van der Waals surface area contributed by atoms with Crippen molar-refractivity contribution in [3.8, 4) is 22.6 Å². The fourth-order valence-corrected chi connectivity index (χ4v) is 3.87. The van der Waals surface area contributed by atoms with Crippen LogP contribution in [0.4, 0.5) is 4.39 Å². The van der Waals surface area contributed by atoms with Crippen molar-refractivity contribution in [2.45, 2.75) is 19.4 Å². The van der Waals surface area contributed by atoms with Gasteiger partial charge in [-0.15, -0.1) is 0 Å². The Balaban J connectivity index is 1.69. The normalized spacial score (nSPS) is 12.2. The Labute approximate surface area is 185 Å². The zero-order chi connectivity index (χ0) is 22.1. The highest BCUT2D eigenvalue weighted by molar-refractivity contribution is 5.80. The van der Waals surface area contributed by atoms with Crippen LogP contribution >= 0.6 is 0 Å². The first-order valence-corrected chi connectivity index (χ1v) is 10.5. The zero-order valence-electron chi connectivity index (χ0n) is 17.6. The first-order valence-electron chi connectivity index (χ1n) is 10.5. The van der Waals surface area contributed by atoms with E-state index >= 15 is 0 Å². The number of nitrogens with zero attached hydrogens (tertiary/aromatic N) is 4. The van der Waals surface area contributed by atoms with Crippen molar-refractivity contribution in [2.24, 2.45) is 5.73 Å². The molecule has 0 saturated heterocycles. The number of fused-ring (bicyclic) bond motifs is 1. The van der Waals surface area contributed by atoms with Crippen LogP contribution in [0.15, 0.2) is 85.2 Å². The fourth-order valence-electron chi connectivity index (χ4n) is 3.87. The van der Waals surface area contributed by atoms with Gasteiger partial charge in [-0.3, -0.25) is 4.40 Å². The van der Waals surface area contributed by atoms with Crippen LogP contribution in [0.5, 0.6) is 0 Å². The molecule has 0 saturated carbocycles. The molecule has 1 atom stereocenters. The van der Waals surface area contributed by atoms with Crippen LogP contribution in [0.2, 0.25) is 0 Å². The molecule has 32 heavy (non-hydrogen) atoms. The van der Waals surface area contributed by atoms with Crippen molar-refractivity contribution >= 4 is 5.65 Å². The maximum absolute atomic E-state index is 13.6. The molecule has 0 aliphatic carbocycles. The third-order valence-electron chi connectivity index (χ3n) is 5.65. The summed E-state index contributed by atoms with van der Waals surface area (Å²) >= 11 is 0. The van der Waals surface area contributed by atoms with Crippen LogP contribution in [0, 0.1) is 5.82 Å². The molecular formula is C26H22FN5. The minimum atomic E-state index is -0.287. The van der Waals surface area contributed by atoms with Crippen molar-refractivity contribution in [3.63, 3.8) is 0 Å². The Morgan fingerprint density at radius 2 is 1.75 bits per heavy atom. The van der Waals surface area contributed by atoms with Gasteiger partial charge in [-0.25, -0.2) is 19.3 Å². The highest BCUT2D eigenvalue weighted by atomic mass is 19.1. The SMILES string of the molecule is C[C@@H](c1ccccc1)c1nccc(-c2c(-c3ccc(F)cc3)nc3cc(CN)ccn23)n1. The molecule has 0 aliphatic rings. The zero-order valence-corrected chi connectivity index (χ0v) is 17.6. The third kappa shape index (κ3) is 3.65. The van der Waals surface area contributed by atoms with E-state index in [0.717, 1.165) is 45.2 Å². The number of aromatic nitrogens is 4. The van der Waals surface area contributed by atoms with E-state index < -0.39 is 0 Å². The van der Waals surface area contributed by atoms with Crippen LogP contribution in [0.25, 0.3) is 28.3 Å². The van der Waals surface area contributed by atoms with E-state index in [2.05, 4.69) is 24.0 Å². The highest BCUT2D eigenvalue weighted by Gasteiger charge is 2.19. The lowest BCUT2D eigenvalue weighted by Crippen LogP contribution is -2.04. The number of rotatable bonds is 5. The monoisotopic (exact) mass is 423 g/mol. The van der Waals surface area contributed by atoms with Gasteiger partial charge >= 0.3 is 0 Å². The number of hydrogen-bond acceptors (Lipinski definition) is 4. The van der Waals surface area contributed by atoms with Gasteiger partial charge in [0.05, 0.1) is 17.1 Å². The molecule has 0 bridgehead atoms. The fraction of sp³-hybridized carbons (Fsp3) is 0.115. The van der Waals surface area contributed by atoms with Crippen LogP contribution in [-0.2, 0) is 6.54 Å². The number of halogens is 1. The van der Waals surface area contributed by atoms with Gasteiger partial charge in [0.25, 0.3) is 0 Å². The number of nitrogens with two attached hydrogens (primary N) is 1. The number of benzene rings is 2. The van der Waals surface area contributed by atoms with E-state index in [9.17, 15) is 4.39 Å². The van der Waals surface area contributed by atoms with Gasteiger partial charge in [-0.1, -0.05) is 37.3 Å². The molecule has 0 fully saturated rings. The second-order valence-corrected chi connectivity index (χ2v) is 7.72. The molecule has 158 valence electrons. The summed E-state index contributed by atoms with van der Waals surface area (Å²) in [5.41, 5.74) is 11.9. The molecule has 2 aromatic carbocycles. The smallest absolute Gasteiger partial charge is 0.138 e. The quantitative estimate of drug-likeness (QED) is 0.421. The molecule has 0 radical (unpaired) electrons. The molecule has 5 nitrogen and oxygen atoms in total. The first-order chi connectivity index (χ1) is 15.6. The second kappa shape index (κ2) is 8.32. The van der Waals surface area contributed by atoms with Crippen molar-refractivity contribution < 1.29 is 4.39 Å². The molecule has 3 aromatic heterocycles. The Kier molecular flexibility index (Phi) is 5.21. The Morgan fingerprint density at radius 3 is 2.50 bits per heavy atom. The van der Waals surface area contributed by atoms with Gasteiger partial charge in [0.2, 0.25) is 0 Å². The van der Waals surface area contributed by atoms with E-state index in [1.54, 1.807) is 18.3 Å². The average Bonchev–Trinajstić information content (AvgIpc) is 3.23. The summed E-state index contributed by atoms with van der Waals surface area (Å²) in [7, 11) is 0. The predicted octanol–water partition coefficient (Wildman–Crippen LogP) is 5.21. The standard InChI is InChI=1S/C26H22FN5/c1-17(19-5-3-2-4-6-19)26-29-13-11-22(30-26)25-24(20-7-9-21(27)10-8-20)31-23-15-18(16-28)12-14-32(23)25/h2-15,17H,16,28H2,1H3/t17-/m0/s1. The molecule has 0 aliphatic heterocycles. The van der Waals surface area contributed by atoms with Gasteiger partial charge in [-0.05, 0) is 53.6 Å². The Hall–Kier alpha value is -3.90. The number of imidazole rings is 1. The second-order valence-electron chi connectivity index (χ2n) is 7.72. The van der Waals surface area contributed by atoms with Crippen LogP contribution in [0.1, 0.15) is 29.8 Å². The lowest BCUT2D eigenvalue weighted by Gasteiger charge is -2.12. The van der Waals surface area contributed by atoms with E-state index in [-0.39, 0.29) is 11.7 Å². The summed E-state index contributed by atoms with van der Waals surface area (Å²) < 4.78 is 15.6. The van der Waals surface area contributed by atoms with Crippen molar-refractivity contribution in [1.82, 2.24) is 19.4 Å². The largest absolute Gasteiger partial charge is 0.326 e. The van der Waals surface area contributed by atoms with Crippen molar-refractivity contribution in [3.05, 3.63) is 108 Å². The molecule has 0 amide bonds. The third-order valence-corrected chi connectivity index (χ3v) is 5.65. The number of pyridine rings is 1. The Bertz CT molecular complexity index is 1380. The summed E-state index contributed by atoms with van der Waals surface area (Å²) in [4.78, 5) is 14.3. The van der Waals surface area contributed by atoms with Crippen molar-refractivity contribution in [2.75, 3.05) is 0 Å². The van der Waals surface area contributed by atoms with Crippen LogP contribution in [-0.4, -0.2) is 19.4 Å². The lowest BCUT2D eigenvalue weighted by molar-refractivity contribution is 0.628. The number of hydrogen-bond donors (Lipinski definition) is 1. The predicted molar refractivity (Wildman–Crippen MR) is 123 cm³/mol. The molecule has 6 heteroatoms. The summed E-state index contributed by atoms with van der Waals surface area (Å²) in [5.74, 6) is 0.478. The van der Waals surface area contributed by atoms with E-state index in [4.69, 9.17) is 15.7 Å².